The summed E-state index contributed by atoms with van der Waals surface area (Å²) >= 11 is 0. The monoisotopic (exact) mass is 284 g/mol. The molecule has 0 aliphatic heterocycles. The molecule has 0 atom stereocenters. The largest absolute Gasteiger partial charge is 0.451 e. The standard InChI is InChI=1S/C12H13FN2O3S/c1-8(2)15-19(16,17)12-10(5-6-18-12)9-3-4-11(13)14-7-9/h3-8,15H,1-2H3. The van der Waals surface area contributed by atoms with Crippen LogP contribution in [0.25, 0.3) is 11.1 Å². The van der Waals surface area contributed by atoms with Crippen LogP contribution in [0.4, 0.5) is 4.39 Å². The van der Waals surface area contributed by atoms with Crippen LogP contribution < -0.4 is 4.72 Å². The van der Waals surface area contributed by atoms with Gasteiger partial charge in [0.2, 0.25) is 11.0 Å². The normalized spacial score (nSPS) is 12.0. The number of pyridine rings is 1. The highest BCUT2D eigenvalue weighted by Crippen LogP contribution is 2.28. The van der Waals surface area contributed by atoms with Gasteiger partial charge in [-0.1, -0.05) is 0 Å². The van der Waals surface area contributed by atoms with Crippen molar-refractivity contribution in [1.29, 1.82) is 0 Å². The van der Waals surface area contributed by atoms with Gasteiger partial charge in [0.05, 0.1) is 6.26 Å². The van der Waals surface area contributed by atoms with E-state index in [4.69, 9.17) is 4.42 Å². The first-order valence-corrected chi connectivity index (χ1v) is 7.10. The van der Waals surface area contributed by atoms with E-state index < -0.39 is 16.0 Å². The lowest BCUT2D eigenvalue weighted by Crippen LogP contribution is -2.30. The molecule has 7 heteroatoms. The van der Waals surface area contributed by atoms with Gasteiger partial charge < -0.3 is 4.42 Å². The summed E-state index contributed by atoms with van der Waals surface area (Å²) in [4.78, 5) is 3.50. The van der Waals surface area contributed by atoms with Crippen molar-refractivity contribution in [2.24, 2.45) is 0 Å². The Hall–Kier alpha value is -1.73. The maximum Gasteiger partial charge on any atom is 0.274 e. The zero-order valence-corrected chi connectivity index (χ0v) is 11.2. The topological polar surface area (TPSA) is 72.2 Å². The minimum Gasteiger partial charge on any atom is -0.451 e. The molecule has 0 spiro atoms. The van der Waals surface area contributed by atoms with Crippen molar-refractivity contribution in [2.45, 2.75) is 25.0 Å². The fraction of sp³-hybridized carbons (Fsp3) is 0.250. The lowest BCUT2D eigenvalue weighted by Gasteiger charge is -2.08. The Morgan fingerprint density at radius 1 is 1.32 bits per heavy atom. The van der Waals surface area contributed by atoms with Gasteiger partial charge in [-0.25, -0.2) is 18.1 Å². The molecule has 2 heterocycles. The second-order valence-electron chi connectivity index (χ2n) is 4.27. The summed E-state index contributed by atoms with van der Waals surface area (Å²) in [6.45, 7) is 3.42. The van der Waals surface area contributed by atoms with Crippen LogP contribution in [0.2, 0.25) is 0 Å². The first-order valence-electron chi connectivity index (χ1n) is 5.62. The van der Waals surface area contributed by atoms with E-state index in [2.05, 4.69) is 9.71 Å². The molecule has 19 heavy (non-hydrogen) atoms. The van der Waals surface area contributed by atoms with Crippen LogP contribution in [-0.2, 0) is 10.0 Å². The molecule has 0 aliphatic carbocycles. The van der Waals surface area contributed by atoms with Crippen LogP contribution in [0.5, 0.6) is 0 Å². The van der Waals surface area contributed by atoms with E-state index in [0.29, 0.717) is 11.1 Å². The Labute approximate surface area is 110 Å². The predicted octanol–water partition coefficient (Wildman–Crippen LogP) is 2.17. The second-order valence-corrected chi connectivity index (χ2v) is 5.88. The highest BCUT2D eigenvalue weighted by atomic mass is 32.2. The molecule has 0 saturated carbocycles. The van der Waals surface area contributed by atoms with Crippen LogP contribution in [0, 0.1) is 5.95 Å². The van der Waals surface area contributed by atoms with E-state index in [1.54, 1.807) is 13.8 Å². The number of hydrogen-bond donors (Lipinski definition) is 1. The number of halogens is 1. The van der Waals surface area contributed by atoms with Crippen molar-refractivity contribution in [1.82, 2.24) is 9.71 Å². The summed E-state index contributed by atoms with van der Waals surface area (Å²) in [5, 5.41) is -0.199. The average molecular weight is 284 g/mol. The fourth-order valence-electron chi connectivity index (χ4n) is 1.62. The SMILES string of the molecule is CC(C)NS(=O)(=O)c1occc1-c1ccc(F)nc1. The van der Waals surface area contributed by atoms with Crippen molar-refractivity contribution in [3.8, 4) is 11.1 Å². The van der Waals surface area contributed by atoms with E-state index in [0.717, 1.165) is 6.07 Å². The van der Waals surface area contributed by atoms with Gasteiger partial charge in [0.1, 0.15) is 0 Å². The quantitative estimate of drug-likeness (QED) is 0.873. The number of hydrogen-bond acceptors (Lipinski definition) is 4. The van der Waals surface area contributed by atoms with E-state index >= 15 is 0 Å². The number of nitrogens with one attached hydrogen (secondary N) is 1. The van der Waals surface area contributed by atoms with Crippen molar-refractivity contribution in [2.75, 3.05) is 0 Å². The molecule has 0 fully saturated rings. The lowest BCUT2D eigenvalue weighted by molar-refractivity contribution is 0.445. The fourth-order valence-corrected chi connectivity index (χ4v) is 3.00. The average Bonchev–Trinajstić information content (AvgIpc) is 2.78. The zero-order valence-electron chi connectivity index (χ0n) is 10.4. The van der Waals surface area contributed by atoms with Crippen molar-refractivity contribution < 1.29 is 17.2 Å². The number of furan rings is 1. The molecule has 0 unspecified atom stereocenters. The van der Waals surface area contributed by atoms with Crippen LogP contribution in [-0.4, -0.2) is 19.4 Å². The van der Waals surface area contributed by atoms with Crippen molar-refractivity contribution in [3.63, 3.8) is 0 Å². The first kappa shape index (κ1) is 13.7. The van der Waals surface area contributed by atoms with E-state index in [9.17, 15) is 12.8 Å². The Morgan fingerprint density at radius 3 is 2.63 bits per heavy atom. The zero-order chi connectivity index (χ0) is 14.0. The predicted molar refractivity (Wildman–Crippen MR) is 67.4 cm³/mol. The maximum atomic E-state index is 12.8. The molecule has 1 N–H and O–H groups in total. The minimum absolute atomic E-state index is 0.199. The molecular weight excluding hydrogens is 271 g/mol. The smallest absolute Gasteiger partial charge is 0.274 e. The van der Waals surface area contributed by atoms with Crippen LogP contribution >= 0.6 is 0 Å². The molecule has 0 amide bonds. The third-order valence-electron chi connectivity index (χ3n) is 2.30. The van der Waals surface area contributed by atoms with Gasteiger partial charge in [-0.2, -0.15) is 4.39 Å². The van der Waals surface area contributed by atoms with E-state index in [1.165, 1.54) is 24.6 Å². The number of sulfonamides is 1. The highest BCUT2D eigenvalue weighted by molar-refractivity contribution is 7.89. The minimum atomic E-state index is -3.74. The van der Waals surface area contributed by atoms with E-state index in [-0.39, 0.29) is 11.1 Å². The highest BCUT2D eigenvalue weighted by Gasteiger charge is 2.24. The summed E-state index contributed by atoms with van der Waals surface area (Å²) in [6.07, 6.45) is 2.53. The molecule has 0 aromatic carbocycles. The number of aromatic nitrogens is 1. The van der Waals surface area contributed by atoms with Gasteiger partial charge in [0, 0.05) is 23.4 Å². The molecule has 2 aromatic heterocycles. The third kappa shape index (κ3) is 2.99. The molecule has 0 aliphatic rings. The van der Waals surface area contributed by atoms with Crippen molar-refractivity contribution in [3.05, 3.63) is 36.6 Å². The lowest BCUT2D eigenvalue weighted by atomic mass is 10.1. The number of rotatable bonds is 4. The van der Waals surface area contributed by atoms with Gasteiger partial charge in [-0.15, -0.1) is 0 Å². The molecule has 2 aromatic rings. The van der Waals surface area contributed by atoms with Crippen LogP contribution in [0.1, 0.15) is 13.8 Å². The summed E-state index contributed by atoms with van der Waals surface area (Å²) in [7, 11) is -3.74. The maximum absolute atomic E-state index is 12.8. The first-order chi connectivity index (χ1) is 8.90. The van der Waals surface area contributed by atoms with Crippen molar-refractivity contribution >= 4 is 10.0 Å². The van der Waals surface area contributed by atoms with E-state index in [1.807, 2.05) is 0 Å². The Kier molecular flexibility index (Phi) is 3.68. The summed E-state index contributed by atoms with van der Waals surface area (Å²) in [5.41, 5.74) is 0.819. The Bertz CT molecular complexity index is 663. The summed E-state index contributed by atoms with van der Waals surface area (Å²) in [5.74, 6) is -0.628. The van der Waals surface area contributed by atoms with Gasteiger partial charge >= 0.3 is 0 Å². The Balaban J connectivity index is 2.46. The summed E-state index contributed by atoms with van der Waals surface area (Å²) < 4.78 is 44.4. The molecule has 0 radical (unpaired) electrons. The van der Waals surface area contributed by atoms with Gasteiger partial charge in [0.25, 0.3) is 10.0 Å². The molecule has 5 nitrogen and oxygen atoms in total. The summed E-state index contributed by atoms with van der Waals surface area (Å²) in [6, 6.07) is 3.86. The third-order valence-corrected chi connectivity index (χ3v) is 3.89. The number of nitrogens with zero attached hydrogens (tertiary/aromatic N) is 1. The van der Waals surface area contributed by atoms with Crippen LogP contribution in [0.15, 0.2) is 40.2 Å². The Morgan fingerprint density at radius 2 is 2.05 bits per heavy atom. The molecule has 0 saturated heterocycles. The second kappa shape index (κ2) is 5.10. The molecular formula is C12H13FN2O3S. The van der Waals surface area contributed by atoms with Crippen LogP contribution in [0.3, 0.4) is 0 Å². The molecule has 102 valence electrons. The van der Waals surface area contributed by atoms with Gasteiger partial charge in [-0.05, 0) is 32.0 Å². The molecule has 0 bridgehead atoms. The van der Waals surface area contributed by atoms with Gasteiger partial charge in [0.15, 0.2) is 0 Å². The molecule has 2 rings (SSSR count). The van der Waals surface area contributed by atoms with Gasteiger partial charge in [-0.3, -0.25) is 0 Å².